The van der Waals surface area contributed by atoms with Gasteiger partial charge in [0, 0.05) is 5.38 Å². The maximum Gasteiger partial charge on any atom is 0.213 e. The van der Waals surface area contributed by atoms with Crippen molar-refractivity contribution < 1.29 is 5.21 Å². The van der Waals surface area contributed by atoms with Crippen molar-refractivity contribution in [3.63, 3.8) is 0 Å². The Bertz CT molecular complexity index is 233. The molecule has 0 spiro atoms. The van der Waals surface area contributed by atoms with E-state index in [1.165, 1.54) is 11.5 Å². The lowest BCUT2D eigenvalue weighted by Crippen LogP contribution is -2.28. The highest BCUT2D eigenvalue weighted by Gasteiger charge is 1.93. The highest BCUT2D eigenvalue weighted by Crippen LogP contribution is 1.97. The largest absolute Gasteiger partial charge is 0.368 e. The van der Waals surface area contributed by atoms with E-state index in [1.807, 2.05) is 0 Å². The fourth-order valence-corrected chi connectivity index (χ4v) is 0.897. The summed E-state index contributed by atoms with van der Waals surface area (Å²) >= 11 is 1.24. The predicted octanol–water partition coefficient (Wildman–Crippen LogP) is -0.668. The third kappa shape index (κ3) is 2.48. The first kappa shape index (κ1) is 7.89. The fourth-order valence-electron chi connectivity index (χ4n) is 0.454. The van der Waals surface area contributed by atoms with Gasteiger partial charge in [0.2, 0.25) is 5.96 Å². The van der Waals surface area contributed by atoms with Crippen molar-refractivity contribution in [2.24, 2.45) is 10.7 Å². The number of hydrogen-bond donors (Lipinski definition) is 3. The molecule has 0 saturated carbocycles. The van der Waals surface area contributed by atoms with Crippen LogP contribution in [0.5, 0.6) is 0 Å². The number of aliphatic imine (C=N–C) groups is 1. The first-order valence-corrected chi connectivity index (χ1v) is 3.62. The first-order valence-electron chi connectivity index (χ1n) is 2.79. The lowest BCUT2D eigenvalue weighted by atomic mass is 10.5. The number of guanidine groups is 1. The molecule has 0 saturated heterocycles. The summed E-state index contributed by atoms with van der Waals surface area (Å²) in [5, 5.41) is 13.7. The predicted molar refractivity (Wildman–Crippen MR) is 40.2 cm³/mol. The van der Waals surface area contributed by atoms with Gasteiger partial charge >= 0.3 is 0 Å². The summed E-state index contributed by atoms with van der Waals surface area (Å²) in [5.41, 5.74) is 7.57. The number of rotatable bonds is 2. The number of aromatic nitrogens is 2. The van der Waals surface area contributed by atoms with Crippen molar-refractivity contribution in [2.75, 3.05) is 0 Å². The summed E-state index contributed by atoms with van der Waals surface area (Å²) in [6.07, 6.45) is 0. The molecule has 7 heteroatoms. The van der Waals surface area contributed by atoms with E-state index < -0.39 is 0 Å². The monoisotopic (exact) mass is 173 g/mol. The fraction of sp³-hybridized carbons (Fsp3) is 0.250. The topological polar surface area (TPSA) is 96.4 Å². The van der Waals surface area contributed by atoms with Crippen molar-refractivity contribution in [1.29, 1.82) is 0 Å². The van der Waals surface area contributed by atoms with Crippen LogP contribution in [0.3, 0.4) is 0 Å². The molecule has 60 valence electrons. The summed E-state index contributed by atoms with van der Waals surface area (Å²) < 4.78 is 3.62. The van der Waals surface area contributed by atoms with Crippen LogP contribution in [0.1, 0.15) is 5.69 Å². The lowest BCUT2D eigenvalue weighted by Gasteiger charge is -1.93. The zero-order valence-electron chi connectivity index (χ0n) is 5.56. The molecular weight excluding hydrogens is 166 g/mol. The molecule has 0 aromatic carbocycles. The van der Waals surface area contributed by atoms with Crippen LogP contribution in [0.2, 0.25) is 0 Å². The molecule has 1 rings (SSSR count). The van der Waals surface area contributed by atoms with Gasteiger partial charge in [-0.15, -0.1) is 5.10 Å². The lowest BCUT2D eigenvalue weighted by molar-refractivity contribution is 0.232. The molecule has 6 nitrogen and oxygen atoms in total. The second-order valence-electron chi connectivity index (χ2n) is 1.71. The summed E-state index contributed by atoms with van der Waals surface area (Å²) in [4.78, 5) is 3.72. The molecular formula is C4H7N5OS. The van der Waals surface area contributed by atoms with Crippen molar-refractivity contribution in [1.82, 2.24) is 15.1 Å². The molecule has 11 heavy (non-hydrogen) atoms. The zero-order valence-corrected chi connectivity index (χ0v) is 6.38. The normalized spacial score (nSPS) is 11.5. The Morgan fingerprint density at radius 1 is 1.91 bits per heavy atom. The molecule has 0 atom stereocenters. The van der Waals surface area contributed by atoms with Crippen LogP contribution in [0.15, 0.2) is 10.4 Å². The van der Waals surface area contributed by atoms with Gasteiger partial charge in [-0.1, -0.05) is 4.49 Å². The minimum Gasteiger partial charge on any atom is -0.368 e. The van der Waals surface area contributed by atoms with Gasteiger partial charge in [0.1, 0.15) is 0 Å². The van der Waals surface area contributed by atoms with E-state index >= 15 is 0 Å². The summed E-state index contributed by atoms with van der Waals surface area (Å²) in [6, 6.07) is 0. The smallest absolute Gasteiger partial charge is 0.213 e. The van der Waals surface area contributed by atoms with Crippen molar-refractivity contribution >= 4 is 17.5 Å². The number of hydroxylamine groups is 1. The third-order valence-corrected chi connectivity index (χ3v) is 1.48. The highest BCUT2D eigenvalue weighted by atomic mass is 32.1. The quantitative estimate of drug-likeness (QED) is 0.313. The van der Waals surface area contributed by atoms with Crippen molar-refractivity contribution in [2.45, 2.75) is 6.54 Å². The van der Waals surface area contributed by atoms with E-state index in [-0.39, 0.29) is 5.96 Å². The molecule has 0 radical (unpaired) electrons. The van der Waals surface area contributed by atoms with E-state index in [0.717, 1.165) is 5.69 Å². The Kier molecular flexibility index (Phi) is 2.75. The van der Waals surface area contributed by atoms with E-state index in [1.54, 1.807) is 10.9 Å². The van der Waals surface area contributed by atoms with Crippen LogP contribution >= 0.6 is 11.5 Å². The number of nitrogens with two attached hydrogens (primary N) is 1. The van der Waals surface area contributed by atoms with Gasteiger partial charge in [-0.25, -0.2) is 10.5 Å². The van der Waals surface area contributed by atoms with Crippen LogP contribution in [-0.2, 0) is 6.54 Å². The molecule has 0 fully saturated rings. The first-order chi connectivity index (χ1) is 5.33. The average Bonchev–Trinajstić information content (AvgIpc) is 2.52. The number of nitrogens with zero attached hydrogens (tertiary/aromatic N) is 3. The van der Waals surface area contributed by atoms with Gasteiger partial charge in [-0.2, -0.15) is 0 Å². The van der Waals surface area contributed by atoms with Gasteiger partial charge < -0.3 is 5.73 Å². The zero-order chi connectivity index (χ0) is 8.10. The highest BCUT2D eigenvalue weighted by molar-refractivity contribution is 7.03. The summed E-state index contributed by atoms with van der Waals surface area (Å²) in [6.45, 7) is 0.329. The van der Waals surface area contributed by atoms with Gasteiger partial charge in [0.05, 0.1) is 12.2 Å². The second kappa shape index (κ2) is 3.84. The van der Waals surface area contributed by atoms with E-state index in [2.05, 4.69) is 14.6 Å². The summed E-state index contributed by atoms with van der Waals surface area (Å²) in [7, 11) is 0. The van der Waals surface area contributed by atoms with E-state index in [4.69, 9.17) is 10.9 Å². The molecule has 1 aromatic heterocycles. The van der Waals surface area contributed by atoms with E-state index in [9.17, 15) is 0 Å². The molecule has 1 aromatic rings. The SMILES string of the molecule is NC(=NCc1csnn1)NO. The average molecular weight is 173 g/mol. The minimum atomic E-state index is -0.0296. The number of hydrogen-bond acceptors (Lipinski definition) is 5. The van der Waals surface area contributed by atoms with Gasteiger partial charge in [0.25, 0.3) is 0 Å². The Balaban J connectivity index is 2.45. The van der Waals surface area contributed by atoms with Gasteiger partial charge in [-0.3, -0.25) is 5.21 Å². The second-order valence-corrected chi connectivity index (χ2v) is 2.32. The molecule has 0 amide bonds. The van der Waals surface area contributed by atoms with Crippen molar-refractivity contribution in [3.05, 3.63) is 11.1 Å². The number of nitrogens with one attached hydrogen (secondary N) is 1. The molecule has 0 aliphatic heterocycles. The molecule has 1 heterocycles. The van der Waals surface area contributed by atoms with Crippen LogP contribution in [0.4, 0.5) is 0 Å². The van der Waals surface area contributed by atoms with Crippen LogP contribution in [0, 0.1) is 0 Å². The van der Waals surface area contributed by atoms with Crippen LogP contribution in [0.25, 0.3) is 0 Å². The van der Waals surface area contributed by atoms with Crippen molar-refractivity contribution in [3.8, 4) is 0 Å². The van der Waals surface area contributed by atoms with Crippen LogP contribution < -0.4 is 11.2 Å². The van der Waals surface area contributed by atoms with Gasteiger partial charge in [0.15, 0.2) is 0 Å². The molecule has 0 unspecified atom stereocenters. The molecule has 0 aliphatic carbocycles. The Labute approximate surface area is 66.9 Å². The van der Waals surface area contributed by atoms with E-state index in [0.29, 0.717) is 6.54 Å². The molecule has 4 N–H and O–H groups in total. The third-order valence-electron chi connectivity index (χ3n) is 0.931. The maximum absolute atomic E-state index is 8.22. The summed E-state index contributed by atoms with van der Waals surface area (Å²) in [5.74, 6) is -0.0296. The minimum absolute atomic E-state index is 0.0296. The molecule has 0 bridgehead atoms. The maximum atomic E-state index is 8.22. The Morgan fingerprint density at radius 2 is 2.73 bits per heavy atom. The Morgan fingerprint density at radius 3 is 3.27 bits per heavy atom. The Hall–Kier alpha value is -1.21. The molecule has 0 aliphatic rings. The van der Waals surface area contributed by atoms with Gasteiger partial charge in [-0.05, 0) is 11.5 Å². The van der Waals surface area contributed by atoms with Crippen LogP contribution in [-0.4, -0.2) is 20.8 Å². The standard InChI is InChI=1S/C4H7N5OS/c5-4(8-10)6-1-3-2-11-9-7-3/h2,10H,1H2,(H3,5,6,8).